The Balaban J connectivity index is 1.38. The van der Waals surface area contributed by atoms with Gasteiger partial charge in [0.2, 0.25) is 11.8 Å². The lowest BCUT2D eigenvalue weighted by Gasteiger charge is -2.29. The smallest absolute Gasteiger partial charge is 0.302 e. The van der Waals surface area contributed by atoms with Crippen LogP contribution in [0, 0.1) is 5.92 Å². The average molecular weight is 518 g/mol. The molecule has 12 heteroatoms. The summed E-state index contributed by atoms with van der Waals surface area (Å²) in [5.74, 6) is 0.693. The van der Waals surface area contributed by atoms with E-state index in [1.54, 1.807) is 23.2 Å². The maximum absolute atomic E-state index is 13.6. The quantitative estimate of drug-likeness (QED) is 0.503. The number of carbonyl (C=O) groups is 1. The monoisotopic (exact) mass is 517 g/mol. The van der Waals surface area contributed by atoms with Crippen molar-refractivity contribution >= 4 is 55.9 Å². The number of amides is 1. The van der Waals surface area contributed by atoms with Gasteiger partial charge in [0, 0.05) is 19.2 Å². The number of benzene rings is 1. The number of hydrogen-bond acceptors (Lipinski definition) is 7. The standard InChI is InChI=1S/C23H24ClN5O5S/c1-13(2)12-33-21-17(24)8-14(11-25-21)29-18-10-19-15(9-16(18)23(4-5-23)22(29)30)20(26-34-19)27-35(31,32)28-6-3-7-28/h8-11,13H,3-7,12H2,1-2H3,(H,26,27). The van der Waals surface area contributed by atoms with Crippen molar-refractivity contribution in [3.05, 3.63) is 35.0 Å². The number of carbonyl (C=O) groups excluding carboxylic acids is 1. The maximum Gasteiger partial charge on any atom is 0.302 e. The molecule has 0 bridgehead atoms. The van der Waals surface area contributed by atoms with E-state index in [9.17, 15) is 13.2 Å². The van der Waals surface area contributed by atoms with Crippen molar-refractivity contribution in [3.8, 4) is 5.88 Å². The topological polar surface area (TPSA) is 118 Å². The molecule has 3 aromatic rings. The van der Waals surface area contributed by atoms with Crippen LogP contribution in [0.1, 0.15) is 38.7 Å². The Morgan fingerprint density at radius 1 is 1.26 bits per heavy atom. The Morgan fingerprint density at radius 3 is 2.66 bits per heavy atom. The number of nitrogens with one attached hydrogen (secondary N) is 1. The number of hydrogen-bond donors (Lipinski definition) is 1. The molecule has 0 radical (unpaired) electrons. The van der Waals surface area contributed by atoms with Gasteiger partial charge in [-0.05, 0) is 42.9 Å². The largest absolute Gasteiger partial charge is 0.476 e. The molecule has 1 N–H and O–H groups in total. The third-order valence-electron chi connectivity index (χ3n) is 6.69. The molecule has 4 heterocycles. The SMILES string of the molecule is CC(C)COc1ncc(N2C(=O)C3(CC3)c3cc4c(NS(=O)(=O)N5CCC5)noc4cc32)cc1Cl. The number of fused-ring (bicyclic) bond motifs is 3. The number of aromatic nitrogens is 2. The van der Waals surface area contributed by atoms with Crippen LogP contribution in [0.3, 0.4) is 0 Å². The van der Waals surface area contributed by atoms with E-state index in [4.69, 9.17) is 20.9 Å². The first-order valence-corrected chi connectivity index (χ1v) is 13.4. The summed E-state index contributed by atoms with van der Waals surface area (Å²) in [5, 5.41) is 4.80. The van der Waals surface area contributed by atoms with Gasteiger partial charge in [-0.1, -0.05) is 30.6 Å². The number of rotatable bonds is 7. The Labute approximate surface area is 207 Å². The molecule has 2 aromatic heterocycles. The zero-order chi connectivity index (χ0) is 24.5. The van der Waals surface area contributed by atoms with Crippen molar-refractivity contribution in [1.82, 2.24) is 14.4 Å². The average Bonchev–Trinajstić information content (AvgIpc) is 3.42. The lowest BCUT2D eigenvalue weighted by atomic mass is 9.96. The van der Waals surface area contributed by atoms with Crippen molar-refractivity contribution < 1.29 is 22.5 Å². The molecule has 1 amide bonds. The van der Waals surface area contributed by atoms with Crippen LogP contribution >= 0.6 is 11.6 Å². The molecule has 1 aliphatic carbocycles. The van der Waals surface area contributed by atoms with Crippen LogP contribution in [0.2, 0.25) is 5.02 Å². The van der Waals surface area contributed by atoms with E-state index < -0.39 is 15.6 Å². The number of pyridine rings is 1. The second-order valence-corrected chi connectivity index (χ2v) is 11.7. The van der Waals surface area contributed by atoms with Crippen molar-refractivity contribution in [3.63, 3.8) is 0 Å². The highest BCUT2D eigenvalue weighted by atomic mass is 35.5. The van der Waals surface area contributed by atoms with Crippen LogP contribution < -0.4 is 14.4 Å². The van der Waals surface area contributed by atoms with Crippen LogP contribution in [-0.4, -0.2) is 48.5 Å². The molecular formula is C23H24ClN5O5S. The molecule has 10 nitrogen and oxygen atoms in total. The van der Waals surface area contributed by atoms with Crippen LogP contribution in [0.4, 0.5) is 17.2 Å². The molecule has 1 saturated carbocycles. The van der Waals surface area contributed by atoms with Gasteiger partial charge in [0.25, 0.3) is 0 Å². The highest BCUT2D eigenvalue weighted by Crippen LogP contribution is 2.60. The van der Waals surface area contributed by atoms with Gasteiger partial charge in [0.15, 0.2) is 11.4 Å². The fraction of sp³-hybridized carbons (Fsp3) is 0.435. The summed E-state index contributed by atoms with van der Waals surface area (Å²) in [6.07, 6.45) is 3.81. The summed E-state index contributed by atoms with van der Waals surface area (Å²) in [6, 6.07) is 5.21. The zero-order valence-electron chi connectivity index (χ0n) is 19.2. The summed E-state index contributed by atoms with van der Waals surface area (Å²) in [6.45, 7) is 5.50. The maximum atomic E-state index is 13.6. The predicted octanol–water partition coefficient (Wildman–Crippen LogP) is 3.98. The molecular weight excluding hydrogens is 494 g/mol. The summed E-state index contributed by atoms with van der Waals surface area (Å²) >= 11 is 6.43. The molecule has 0 unspecified atom stereocenters. The molecule has 1 spiro atoms. The van der Waals surface area contributed by atoms with Crippen LogP contribution in [0.25, 0.3) is 11.0 Å². The normalized spacial score (nSPS) is 18.9. The van der Waals surface area contributed by atoms with Crippen LogP contribution in [0.15, 0.2) is 28.9 Å². The minimum absolute atomic E-state index is 0.0652. The van der Waals surface area contributed by atoms with Gasteiger partial charge in [-0.15, -0.1) is 0 Å². The molecule has 2 fully saturated rings. The molecule has 0 atom stereocenters. The van der Waals surface area contributed by atoms with Gasteiger partial charge in [-0.3, -0.25) is 14.4 Å². The lowest BCUT2D eigenvalue weighted by Crippen LogP contribution is -2.45. The Hall–Kier alpha value is -2.89. The van der Waals surface area contributed by atoms with Crippen LogP contribution in [-0.2, 0) is 20.4 Å². The molecule has 3 aliphatic rings. The minimum Gasteiger partial charge on any atom is -0.476 e. The second kappa shape index (κ2) is 7.81. The van der Waals surface area contributed by atoms with Gasteiger partial charge in [0.1, 0.15) is 5.02 Å². The van der Waals surface area contributed by atoms with Gasteiger partial charge < -0.3 is 9.26 Å². The second-order valence-electron chi connectivity index (χ2n) is 9.66. The Morgan fingerprint density at radius 2 is 2.03 bits per heavy atom. The number of ether oxygens (including phenoxy) is 1. The summed E-state index contributed by atoms with van der Waals surface area (Å²) in [7, 11) is -3.70. The highest BCUT2D eigenvalue weighted by molar-refractivity contribution is 7.90. The van der Waals surface area contributed by atoms with E-state index in [1.807, 2.05) is 19.9 Å². The molecule has 1 saturated heterocycles. The van der Waals surface area contributed by atoms with Crippen molar-refractivity contribution in [2.24, 2.45) is 5.92 Å². The molecule has 1 aromatic carbocycles. The number of halogens is 1. The zero-order valence-corrected chi connectivity index (χ0v) is 20.8. The third kappa shape index (κ3) is 3.56. The van der Waals surface area contributed by atoms with Gasteiger partial charge in [0.05, 0.1) is 35.0 Å². The van der Waals surface area contributed by atoms with Crippen LogP contribution in [0.5, 0.6) is 5.88 Å². The predicted molar refractivity (Wildman–Crippen MR) is 130 cm³/mol. The van der Waals surface area contributed by atoms with E-state index in [0.717, 1.165) is 12.0 Å². The Kier molecular flexibility index (Phi) is 5.03. The first-order valence-electron chi connectivity index (χ1n) is 11.5. The van der Waals surface area contributed by atoms with E-state index in [-0.39, 0.29) is 11.7 Å². The molecule has 2 aliphatic heterocycles. The fourth-order valence-electron chi connectivity index (χ4n) is 4.52. The summed E-state index contributed by atoms with van der Waals surface area (Å²) in [5.41, 5.74) is 1.73. The number of nitrogens with zero attached hydrogens (tertiary/aromatic N) is 4. The minimum atomic E-state index is -3.70. The van der Waals surface area contributed by atoms with E-state index in [1.165, 1.54) is 4.31 Å². The first-order chi connectivity index (χ1) is 16.7. The Bertz CT molecular complexity index is 1460. The van der Waals surface area contributed by atoms with E-state index in [0.29, 0.717) is 71.7 Å². The molecule has 35 heavy (non-hydrogen) atoms. The highest BCUT2D eigenvalue weighted by Gasteiger charge is 2.60. The van der Waals surface area contributed by atoms with Gasteiger partial charge >= 0.3 is 10.2 Å². The fourth-order valence-corrected chi connectivity index (χ4v) is 6.00. The van der Waals surface area contributed by atoms with Crippen molar-refractivity contribution in [1.29, 1.82) is 0 Å². The molecule has 6 rings (SSSR count). The van der Waals surface area contributed by atoms with Crippen molar-refractivity contribution in [2.75, 3.05) is 29.3 Å². The van der Waals surface area contributed by atoms with E-state index in [2.05, 4.69) is 14.9 Å². The summed E-state index contributed by atoms with van der Waals surface area (Å²) in [4.78, 5) is 19.5. The van der Waals surface area contributed by atoms with Gasteiger partial charge in [-0.25, -0.2) is 4.98 Å². The van der Waals surface area contributed by atoms with E-state index >= 15 is 0 Å². The number of anilines is 3. The summed E-state index contributed by atoms with van der Waals surface area (Å²) < 4.78 is 40.1. The third-order valence-corrected chi connectivity index (χ3v) is 8.46. The lowest BCUT2D eigenvalue weighted by molar-refractivity contribution is -0.119. The molecule has 184 valence electrons. The van der Waals surface area contributed by atoms with Gasteiger partial charge in [-0.2, -0.15) is 12.7 Å². The van der Waals surface area contributed by atoms with Crippen molar-refractivity contribution in [2.45, 2.75) is 38.5 Å². The first kappa shape index (κ1) is 22.6.